The first kappa shape index (κ1) is 14.8. The van der Waals surface area contributed by atoms with E-state index < -0.39 is 0 Å². The molecule has 2 aromatic carbocycles. The van der Waals surface area contributed by atoms with Crippen LogP contribution >= 0.6 is 23.4 Å². The second-order valence-corrected chi connectivity index (χ2v) is 5.48. The lowest BCUT2D eigenvalue weighted by atomic mass is 10.2. The third kappa shape index (κ3) is 4.47. The number of rotatable bonds is 4. The van der Waals surface area contributed by atoms with Crippen molar-refractivity contribution < 1.29 is 4.79 Å². The molecule has 0 aliphatic rings. The third-order valence-corrected chi connectivity index (χ3v) is 3.67. The van der Waals surface area contributed by atoms with Gasteiger partial charge in [-0.05, 0) is 42.2 Å². The predicted octanol–water partition coefficient (Wildman–Crippen LogP) is 4.38. The number of hydrogen-bond acceptors (Lipinski definition) is 2. The maximum atomic E-state index is 11.8. The zero-order valence-electron chi connectivity index (χ0n) is 11.0. The van der Waals surface area contributed by atoms with Crippen molar-refractivity contribution >= 4 is 35.1 Å². The van der Waals surface area contributed by atoms with E-state index in [0.717, 1.165) is 16.1 Å². The van der Waals surface area contributed by atoms with Gasteiger partial charge in [0.1, 0.15) is 0 Å². The molecule has 0 radical (unpaired) electrons. The molecule has 2 rings (SSSR count). The average molecular weight is 307 g/mol. The van der Waals surface area contributed by atoms with E-state index in [0.29, 0.717) is 11.6 Å². The minimum absolute atomic E-state index is 0.224. The van der Waals surface area contributed by atoms with Crippen LogP contribution in [-0.4, -0.2) is 12.3 Å². The molecule has 0 atom stereocenters. The highest BCUT2D eigenvalue weighted by Crippen LogP contribution is 2.18. The van der Waals surface area contributed by atoms with E-state index in [1.165, 1.54) is 0 Å². The summed E-state index contributed by atoms with van der Waals surface area (Å²) in [4.78, 5) is 12.9. The molecule has 20 heavy (non-hydrogen) atoms. The Balaban J connectivity index is 1.87. The molecule has 0 aliphatic carbocycles. The van der Waals surface area contributed by atoms with Gasteiger partial charge in [0.25, 0.3) is 0 Å². The molecule has 2 N–H and O–H groups in total. The molecule has 0 heterocycles. The van der Waals surface area contributed by atoms with Gasteiger partial charge in [0, 0.05) is 22.2 Å². The summed E-state index contributed by atoms with van der Waals surface area (Å²) in [7, 11) is 0. The smallest absolute Gasteiger partial charge is 0.319 e. The van der Waals surface area contributed by atoms with Crippen LogP contribution < -0.4 is 10.6 Å². The fourth-order valence-electron chi connectivity index (χ4n) is 1.66. The molecular weight excluding hydrogens is 292 g/mol. The van der Waals surface area contributed by atoms with Gasteiger partial charge in [-0.3, -0.25) is 0 Å². The van der Waals surface area contributed by atoms with Crippen LogP contribution in [0.5, 0.6) is 0 Å². The summed E-state index contributed by atoms with van der Waals surface area (Å²) >= 11 is 7.45. The van der Waals surface area contributed by atoms with E-state index in [-0.39, 0.29) is 6.03 Å². The van der Waals surface area contributed by atoms with Gasteiger partial charge in [-0.2, -0.15) is 0 Å². The Hall–Kier alpha value is -1.65. The molecule has 0 aromatic heterocycles. The number of halogens is 1. The highest BCUT2D eigenvalue weighted by Gasteiger charge is 2.02. The van der Waals surface area contributed by atoms with Crippen LogP contribution in [-0.2, 0) is 6.54 Å². The Morgan fingerprint density at radius 3 is 2.65 bits per heavy atom. The zero-order valence-corrected chi connectivity index (χ0v) is 12.6. The first-order chi connectivity index (χ1) is 9.67. The maximum absolute atomic E-state index is 11.8. The summed E-state index contributed by atoms with van der Waals surface area (Å²) in [5.74, 6) is 0. The molecule has 0 aliphatic heterocycles. The van der Waals surface area contributed by atoms with Crippen molar-refractivity contribution in [2.75, 3.05) is 11.6 Å². The predicted molar refractivity (Wildman–Crippen MR) is 85.5 cm³/mol. The second kappa shape index (κ2) is 7.22. The first-order valence-electron chi connectivity index (χ1n) is 6.11. The van der Waals surface area contributed by atoms with Gasteiger partial charge in [-0.25, -0.2) is 4.79 Å². The number of thioether (sulfide) groups is 1. The Morgan fingerprint density at radius 2 is 1.95 bits per heavy atom. The van der Waals surface area contributed by atoms with E-state index >= 15 is 0 Å². The van der Waals surface area contributed by atoms with Crippen molar-refractivity contribution in [3.63, 3.8) is 0 Å². The molecule has 0 saturated carbocycles. The Kier molecular flexibility index (Phi) is 5.32. The monoisotopic (exact) mass is 306 g/mol. The lowest BCUT2D eigenvalue weighted by Gasteiger charge is -2.08. The van der Waals surface area contributed by atoms with E-state index in [9.17, 15) is 4.79 Å². The average Bonchev–Trinajstić information content (AvgIpc) is 2.47. The Morgan fingerprint density at radius 1 is 1.20 bits per heavy atom. The van der Waals surface area contributed by atoms with E-state index in [1.807, 2.05) is 42.7 Å². The summed E-state index contributed by atoms with van der Waals surface area (Å²) in [5, 5.41) is 6.30. The largest absolute Gasteiger partial charge is 0.334 e. The number of anilines is 1. The van der Waals surface area contributed by atoms with E-state index in [2.05, 4.69) is 10.6 Å². The highest BCUT2D eigenvalue weighted by molar-refractivity contribution is 7.98. The minimum Gasteiger partial charge on any atom is -0.334 e. The van der Waals surface area contributed by atoms with Gasteiger partial charge >= 0.3 is 6.03 Å². The zero-order chi connectivity index (χ0) is 14.4. The van der Waals surface area contributed by atoms with Crippen LogP contribution in [0, 0.1) is 0 Å². The van der Waals surface area contributed by atoms with E-state index in [4.69, 9.17) is 11.6 Å². The lowest BCUT2D eigenvalue weighted by molar-refractivity contribution is 0.251. The topological polar surface area (TPSA) is 41.1 Å². The Bertz CT molecular complexity index is 587. The molecule has 104 valence electrons. The Labute approximate surface area is 127 Å². The molecule has 0 fully saturated rings. The van der Waals surface area contributed by atoms with Gasteiger partial charge < -0.3 is 10.6 Å². The van der Waals surface area contributed by atoms with Gasteiger partial charge in [-0.1, -0.05) is 29.8 Å². The number of amides is 2. The second-order valence-electron chi connectivity index (χ2n) is 4.17. The van der Waals surface area contributed by atoms with Crippen molar-refractivity contribution in [1.29, 1.82) is 0 Å². The number of hydrogen-bond donors (Lipinski definition) is 2. The quantitative estimate of drug-likeness (QED) is 0.823. The fraction of sp³-hybridized carbons (Fsp3) is 0.133. The normalized spacial score (nSPS) is 10.1. The van der Waals surface area contributed by atoms with Crippen molar-refractivity contribution in [3.05, 3.63) is 59.1 Å². The van der Waals surface area contributed by atoms with Gasteiger partial charge in [0.05, 0.1) is 0 Å². The summed E-state index contributed by atoms with van der Waals surface area (Å²) < 4.78 is 0. The lowest BCUT2D eigenvalue weighted by Crippen LogP contribution is -2.28. The molecule has 3 nitrogen and oxygen atoms in total. The number of carbonyl (C=O) groups is 1. The molecule has 0 bridgehead atoms. The van der Waals surface area contributed by atoms with Gasteiger partial charge in [0.2, 0.25) is 0 Å². The summed E-state index contributed by atoms with van der Waals surface area (Å²) in [6, 6.07) is 14.9. The standard InChI is InChI=1S/C15H15ClN2OS/c1-20-14-4-2-3-13(9-14)18-15(19)17-10-11-5-7-12(16)8-6-11/h2-9H,10H2,1H3,(H2,17,18,19). The highest BCUT2D eigenvalue weighted by atomic mass is 35.5. The van der Waals surface area contributed by atoms with Crippen molar-refractivity contribution in [2.45, 2.75) is 11.4 Å². The number of urea groups is 1. The number of benzene rings is 2. The maximum Gasteiger partial charge on any atom is 0.319 e. The summed E-state index contributed by atoms with van der Waals surface area (Å²) in [6.07, 6.45) is 2.00. The number of nitrogens with one attached hydrogen (secondary N) is 2. The molecule has 2 aromatic rings. The first-order valence-corrected chi connectivity index (χ1v) is 7.71. The van der Waals surface area contributed by atoms with Crippen molar-refractivity contribution in [1.82, 2.24) is 5.32 Å². The summed E-state index contributed by atoms with van der Waals surface area (Å²) in [5.41, 5.74) is 1.79. The summed E-state index contributed by atoms with van der Waals surface area (Å²) in [6.45, 7) is 0.464. The molecule has 0 saturated heterocycles. The van der Waals surface area contributed by atoms with Gasteiger partial charge in [0.15, 0.2) is 0 Å². The van der Waals surface area contributed by atoms with Crippen molar-refractivity contribution in [3.8, 4) is 0 Å². The van der Waals surface area contributed by atoms with Crippen LogP contribution in [0.3, 0.4) is 0 Å². The van der Waals surface area contributed by atoms with Crippen LogP contribution in [0.4, 0.5) is 10.5 Å². The molecule has 5 heteroatoms. The minimum atomic E-state index is -0.224. The van der Waals surface area contributed by atoms with Crippen molar-refractivity contribution in [2.24, 2.45) is 0 Å². The van der Waals surface area contributed by atoms with E-state index in [1.54, 1.807) is 23.9 Å². The third-order valence-electron chi connectivity index (χ3n) is 2.69. The van der Waals surface area contributed by atoms with Crippen LogP contribution in [0.25, 0.3) is 0 Å². The van der Waals surface area contributed by atoms with Crippen LogP contribution in [0.15, 0.2) is 53.4 Å². The molecule has 2 amide bonds. The van der Waals surface area contributed by atoms with Gasteiger partial charge in [-0.15, -0.1) is 11.8 Å². The molecule has 0 unspecified atom stereocenters. The number of carbonyl (C=O) groups excluding carboxylic acids is 1. The molecular formula is C15H15ClN2OS. The fourth-order valence-corrected chi connectivity index (χ4v) is 2.25. The van der Waals surface area contributed by atoms with Crippen LogP contribution in [0.1, 0.15) is 5.56 Å². The van der Waals surface area contributed by atoms with Crippen LogP contribution in [0.2, 0.25) is 5.02 Å². The SMILES string of the molecule is CSc1cccc(NC(=O)NCc2ccc(Cl)cc2)c1. The molecule has 0 spiro atoms.